The fraction of sp³-hybridized carbons (Fsp3) is 0.375. The lowest BCUT2D eigenvalue weighted by Gasteiger charge is -2.34. The SMILES string of the molecule is C=CC(=O)N1CCN(C(=O)CC2=C3C=C(Cl)C(Cl)=CC3N=N2)CC1. The van der Waals surface area contributed by atoms with Crippen molar-refractivity contribution in [3.8, 4) is 0 Å². The highest BCUT2D eigenvalue weighted by molar-refractivity contribution is 6.44. The standard InChI is InChI=1S/C16H16Cl2N4O2/c1-2-15(23)21-3-5-22(6-4-21)16(24)9-14-10-7-11(17)12(18)8-13(10)19-20-14/h2,7-8,13H,1,3-6,9H2. The predicted octanol–water partition coefficient (Wildman–Crippen LogP) is 2.58. The second kappa shape index (κ2) is 6.91. The lowest BCUT2D eigenvalue weighted by Crippen LogP contribution is -2.50. The van der Waals surface area contributed by atoms with Gasteiger partial charge >= 0.3 is 0 Å². The summed E-state index contributed by atoms with van der Waals surface area (Å²) in [6.07, 6.45) is 4.90. The normalized spacial score (nSPS) is 23.0. The van der Waals surface area contributed by atoms with E-state index in [9.17, 15) is 9.59 Å². The number of halogens is 2. The van der Waals surface area contributed by atoms with E-state index in [4.69, 9.17) is 23.2 Å². The van der Waals surface area contributed by atoms with Gasteiger partial charge in [-0.2, -0.15) is 10.2 Å². The number of amides is 2. The van der Waals surface area contributed by atoms with Gasteiger partial charge in [0, 0.05) is 31.8 Å². The molecular formula is C16H16Cl2N4O2. The fourth-order valence-electron chi connectivity index (χ4n) is 2.84. The molecule has 1 atom stereocenters. The van der Waals surface area contributed by atoms with E-state index in [1.807, 2.05) is 0 Å². The first-order chi connectivity index (χ1) is 11.5. The Hall–Kier alpha value is -1.92. The van der Waals surface area contributed by atoms with Gasteiger partial charge in [0.05, 0.1) is 22.2 Å². The average Bonchev–Trinajstić information content (AvgIpc) is 2.96. The Bertz CT molecular complexity index is 716. The molecule has 0 aromatic heterocycles. The van der Waals surface area contributed by atoms with Crippen LogP contribution in [0.25, 0.3) is 0 Å². The number of carbonyl (C=O) groups is 2. The summed E-state index contributed by atoms with van der Waals surface area (Å²) in [4.78, 5) is 27.5. The second-order valence-electron chi connectivity index (χ2n) is 5.66. The van der Waals surface area contributed by atoms with Gasteiger partial charge in [0.15, 0.2) is 0 Å². The summed E-state index contributed by atoms with van der Waals surface area (Å²) in [6, 6.07) is -0.259. The van der Waals surface area contributed by atoms with Crippen LogP contribution in [0.15, 0.2) is 56.4 Å². The molecule has 8 heteroatoms. The van der Waals surface area contributed by atoms with Crippen LogP contribution in [0.4, 0.5) is 0 Å². The van der Waals surface area contributed by atoms with Gasteiger partial charge in [-0.15, -0.1) is 0 Å². The zero-order valence-corrected chi connectivity index (χ0v) is 14.4. The minimum absolute atomic E-state index is 0.0343. The molecule has 6 nitrogen and oxygen atoms in total. The van der Waals surface area contributed by atoms with E-state index in [1.165, 1.54) is 6.08 Å². The van der Waals surface area contributed by atoms with Crippen molar-refractivity contribution in [1.82, 2.24) is 9.80 Å². The number of fused-ring (bicyclic) bond motifs is 1. The number of azo groups is 1. The first-order valence-electron chi connectivity index (χ1n) is 7.57. The monoisotopic (exact) mass is 366 g/mol. The zero-order chi connectivity index (χ0) is 17.3. The van der Waals surface area contributed by atoms with Crippen molar-refractivity contribution >= 4 is 35.0 Å². The Kier molecular flexibility index (Phi) is 4.87. The van der Waals surface area contributed by atoms with Gasteiger partial charge in [-0.3, -0.25) is 9.59 Å². The molecular weight excluding hydrogens is 351 g/mol. The number of piperazine rings is 1. The molecule has 24 heavy (non-hydrogen) atoms. The third-order valence-corrected chi connectivity index (χ3v) is 4.95. The molecule has 0 N–H and O–H groups in total. The van der Waals surface area contributed by atoms with Crippen LogP contribution < -0.4 is 0 Å². The van der Waals surface area contributed by atoms with E-state index >= 15 is 0 Å². The second-order valence-corrected chi connectivity index (χ2v) is 6.47. The maximum absolute atomic E-state index is 12.5. The number of hydrogen-bond donors (Lipinski definition) is 0. The summed E-state index contributed by atoms with van der Waals surface area (Å²) in [6.45, 7) is 5.51. The Morgan fingerprint density at radius 1 is 1.21 bits per heavy atom. The Labute approximate surface area is 149 Å². The van der Waals surface area contributed by atoms with E-state index in [2.05, 4.69) is 16.8 Å². The van der Waals surface area contributed by atoms with Crippen LogP contribution in [0.5, 0.6) is 0 Å². The van der Waals surface area contributed by atoms with E-state index < -0.39 is 0 Å². The van der Waals surface area contributed by atoms with Crippen LogP contribution >= 0.6 is 23.2 Å². The summed E-state index contributed by atoms with van der Waals surface area (Å²) >= 11 is 12.0. The summed E-state index contributed by atoms with van der Waals surface area (Å²) < 4.78 is 0. The molecule has 0 bridgehead atoms. The molecule has 3 aliphatic rings. The molecule has 1 unspecified atom stereocenters. The zero-order valence-electron chi connectivity index (χ0n) is 12.9. The molecule has 0 spiro atoms. The molecule has 1 fully saturated rings. The third kappa shape index (κ3) is 3.30. The van der Waals surface area contributed by atoms with Crippen molar-refractivity contribution in [2.45, 2.75) is 12.5 Å². The minimum atomic E-state index is -0.259. The lowest BCUT2D eigenvalue weighted by molar-refractivity contribution is -0.136. The number of hydrogen-bond acceptors (Lipinski definition) is 4. The van der Waals surface area contributed by atoms with Gasteiger partial charge in [0.2, 0.25) is 11.8 Å². The van der Waals surface area contributed by atoms with E-state index in [1.54, 1.807) is 22.0 Å². The smallest absolute Gasteiger partial charge is 0.246 e. The molecule has 1 saturated heterocycles. The summed E-state index contributed by atoms with van der Waals surface area (Å²) in [5.74, 6) is -0.141. The minimum Gasteiger partial charge on any atom is -0.339 e. The van der Waals surface area contributed by atoms with Crippen molar-refractivity contribution in [2.24, 2.45) is 10.2 Å². The highest BCUT2D eigenvalue weighted by Gasteiger charge is 2.29. The van der Waals surface area contributed by atoms with Gasteiger partial charge in [-0.05, 0) is 18.2 Å². The number of nitrogens with zero attached hydrogens (tertiary/aromatic N) is 4. The largest absolute Gasteiger partial charge is 0.339 e. The number of carbonyl (C=O) groups excluding carboxylic acids is 2. The molecule has 2 aliphatic heterocycles. The summed E-state index contributed by atoms with van der Waals surface area (Å²) in [7, 11) is 0. The molecule has 126 valence electrons. The van der Waals surface area contributed by atoms with Crippen molar-refractivity contribution in [2.75, 3.05) is 26.2 Å². The predicted molar refractivity (Wildman–Crippen MR) is 91.5 cm³/mol. The first-order valence-corrected chi connectivity index (χ1v) is 8.33. The molecule has 1 aliphatic carbocycles. The van der Waals surface area contributed by atoms with Crippen molar-refractivity contribution in [1.29, 1.82) is 0 Å². The van der Waals surface area contributed by atoms with E-state index in [0.29, 0.717) is 41.9 Å². The van der Waals surface area contributed by atoms with Crippen LogP contribution in [0.3, 0.4) is 0 Å². The van der Waals surface area contributed by atoms with Crippen LogP contribution in [0, 0.1) is 0 Å². The maximum Gasteiger partial charge on any atom is 0.246 e. The highest BCUT2D eigenvalue weighted by atomic mass is 35.5. The Morgan fingerprint density at radius 2 is 1.88 bits per heavy atom. The lowest BCUT2D eigenvalue weighted by atomic mass is 10.00. The maximum atomic E-state index is 12.5. The third-order valence-electron chi connectivity index (χ3n) is 4.21. The Morgan fingerprint density at radius 3 is 2.54 bits per heavy atom. The molecule has 0 radical (unpaired) electrons. The first kappa shape index (κ1) is 16.9. The summed E-state index contributed by atoms with van der Waals surface area (Å²) in [5.41, 5.74) is 1.44. The number of allylic oxidation sites excluding steroid dienone is 2. The molecule has 2 heterocycles. The van der Waals surface area contributed by atoms with E-state index in [0.717, 1.165) is 5.57 Å². The highest BCUT2D eigenvalue weighted by Crippen LogP contribution is 2.36. The molecule has 0 aromatic rings. The van der Waals surface area contributed by atoms with Crippen molar-refractivity contribution in [3.63, 3.8) is 0 Å². The number of rotatable bonds is 3. The van der Waals surface area contributed by atoms with Gasteiger partial charge in [-0.25, -0.2) is 0 Å². The van der Waals surface area contributed by atoms with Gasteiger partial charge in [0.25, 0.3) is 0 Å². The van der Waals surface area contributed by atoms with Crippen LogP contribution in [-0.4, -0.2) is 53.8 Å². The molecule has 2 amide bonds. The average molecular weight is 367 g/mol. The van der Waals surface area contributed by atoms with Gasteiger partial charge < -0.3 is 9.80 Å². The van der Waals surface area contributed by atoms with Crippen LogP contribution in [-0.2, 0) is 9.59 Å². The quantitative estimate of drug-likeness (QED) is 0.720. The van der Waals surface area contributed by atoms with Gasteiger partial charge in [0.1, 0.15) is 6.04 Å². The van der Waals surface area contributed by atoms with Crippen molar-refractivity contribution in [3.05, 3.63) is 46.1 Å². The topological polar surface area (TPSA) is 65.3 Å². The molecule has 0 saturated carbocycles. The van der Waals surface area contributed by atoms with E-state index in [-0.39, 0.29) is 24.3 Å². The Balaban J connectivity index is 1.63. The fourth-order valence-corrected chi connectivity index (χ4v) is 3.19. The van der Waals surface area contributed by atoms with Crippen LogP contribution in [0.2, 0.25) is 0 Å². The van der Waals surface area contributed by atoms with Gasteiger partial charge in [-0.1, -0.05) is 29.8 Å². The van der Waals surface area contributed by atoms with Crippen LogP contribution in [0.1, 0.15) is 6.42 Å². The summed E-state index contributed by atoms with van der Waals surface area (Å²) in [5, 5.41) is 9.11. The molecule has 0 aromatic carbocycles. The van der Waals surface area contributed by atoms with Crippen molar-refractivity contribution < 1.29 is 9.59 Å². The molecule has 3 rings (SSSR count).